The highest BCUT2D eigenvalue weighted by Crippen LogP contribution is 2.27. The molecule has 0 fully saturated rings. The first-order chi connectivity index (χ1) is 7.67. The summed E-state index contributed by atoms with van der Waals surface area (Å²) in [6.07, 6.45) is 0. The fourth-order valence-electron chi connectivity index (χ4n) is 1.37. The van der Waals surface area contributed by atoms with E-state index >= 15 is 0 Å². The molecule has 0 saturated carbocycles. The topological polar surface area (TPSA) is 30.5 Å². The van der Waals surface area contributed by atoms with Crippen molar-refractivity contribution in [1.29, 1.82) is 0 Å². The molecule has 3 heteroatoms. The molecule has 0 heterocycles. The van der Waals surface area contributed by atoms with E-state index in [0.717, 1.165) is 29.2 Å². The van der Waals surface area contributed by atoms with Gasteiger partial charge in [-0.3, -0.25) is 0 Å². The molecule has 0 aliphatic heterocycles. The van der Waals surface area contributed by atoms with Crippen LogP contribution in [0.5, 0.6) is 11.5 Å². The summed E-state index contributed by atoms with van der Waals surface area (Å²) in [5, 5.41) is 3.03. The predicted molar refractivity (Wildman–Crippen MR) is 66.3 cm³/mol. The van der Waals surface area contributed by atoms with E-state index in [2.05, 4.69) is 11.9 Å². The summed E-state index contributed by atoms with van der Waals surface area (Å²) < 4.78 is 10.9. The highest BCUT2D eigenvalue weighted by atomic mass is 16.5. The lowest BCUT2D eigenvalue weighted by Crippen LogP contribution is -2.14. The van der Waals surface area contributed by atoms with E-state index < -0.39 is 0 Å². The van der Waals surface area contributed by atoms with Crippen molar-refractivity contribution in [2.75, 3.05) is 27.3 Å². The minimum atomic E-state index is 0.500. The van der Waals surface area contributed by atoms with E-state index in [4.69, 9.17) is 9.47 Å². The Bertz CT molecular complexity index is 361. The lowest BCUT2D eigenvalue weighted by molar-refractivity contribution is 0.317. The van der Waals surface area contributed by atoms with E-state index in [1.165, 1.54) is 0 Å². The Balaban J connectivity index is 2.63. The molecule has 16 heavy (non-hydrogen) atoms. The SMILES string of the molecule is C=C(CNC)COc1ccc(C)cc1OC. The van der Waals surface area contributed by atoms with Crippen molar-refractivity contribution in [2.45, 2.75) is 6.92 Å². The summed E-state index contributed by atoms with van der Waals surface area (Å²) in [6.45, 7) is 7.18. The van der Waals surface area contributed by atoms with Crippen molar-refractivity contribution in [3.05, 3.63) is 35.9 Å². The Hall–Kier alpha value is -1.48. The highest BCUT2D eigenvalue weighted by Gasteiger charge is 2.04. The molecule has 0 radical (unpaired) electrons. The van der Waals surface area contributed by atoms with E-state index in [0.29, 0.717) is 6.61 Å². The number of likely N-dealkylation sites (N-methyl/N-ethyl adjacent to an activating group) is 1. The molecule has 0 unspecified atom stereocenters. The Kier molecular flexibility index (Phi) is 4.86. The van der Waals surface area contributed by atoms with Crippen molar-refractivity contribution in [3.63, 3.8) is 0 Å². The molecule has 0 saturated heterocycles. The van der Waals surface area contributed by atoms with Crippen molar-refractivity contribution in [1.82, 2.24) is 5.32 Å². The zero-order valence-corrected chi connectivity index (χ0v) is 10.2. The van der Waals surface area contributed by atoms with Gasteiger partial charge in [-0.1, -0.05) is 12.6 Å². The van der Waals surface area contributed by atoms with Gasteiger partial charge in [-0.05, 0) is 37.2 Å². The summed E-state index contributed by atoms with van der Waals surface area (Å²) >= 11 is 0. The Morgan fingerprint density at radius 2 is 2.12 bits per heavy atom. The molecule has 1 N–H and O–H groups in total. The van der Waals surface area contributed by atoms with Crippen molar-refractivity contribution >= 4 is 0 Å². The summed E-state index contributed by atoms with van der Waals surface area (Å²) in [6, 6.07) is 5.87. The largest absolute Gasteiger partial charge is 0.493 e. The molecule has 0 bridgehead atoms. The number of nitrogens with one attached hydrogen (secondary N) is 1. The number of hydrogen-bond donors (Lipinski definition) is 1. The molecule has 0 aliphatic carbocycles. The lowest BCUT2D eigenvalue weighted by Gasteiger charge is -2.12. The van der Waals surface area contributed by atoms with E-state index in [9.17, 15) is 0 Å². The van der Waals surface area contributed by atoms with Crippen LogP contribution in [-0.4, -0.2) is 27.3 Å². The second kappa shape index (κ2) is 6.18. The maximum Gasteiger partial charge on any atom is 0.161 e. The van der Waals surface area contributed by atoms with Gasteiger partial charge in [0.1, 0.15) is 6.61 Å². The van der Waals surface area contributed by atoms with Crippen molar-refractivity contribution in [2.24, 2.45) is 0 Å². The molecule has 0 aliphatic rings. The molecule has 1 rings (SSSR count). The second-order valence-electron chi connectivity index (χ2n) is 3.72. The third-order valence-corrected chi connectivity index (χ3v) is 2.18. The fraction of sp³-hybridized carbons (Fsp3) is 0.385. The first-order valence-corrected chi connectivity index (χ1v) is 5.26. The third kappa shape index (κ3) is 3.59. The summed E-state index contributed by atoms with van der Waals surface area (Å²) in [5.74, 6) is 1.52. The maximum absolute atomic E-state index is 5.63. The van der Waals surface area contributed by atoms with Gasteiger partial charge in [0.15, 0.2) is 11.5 Å². The standard InChI is InChI=1S/C13H19NO2/c1-10-5-6-12(13(7-10)15-4)16-9-11(2)8-14-3/h5-7,14H,2,8-9H2,1,3-4H3. The van der Waals surface area contributed by atoms with Gasteiger partial charge in [0, 0.05) is 6.54 Å². The maximum atomic E-state index is 5.63. The van der Waals surface area contributed by atoms with Gasteiger partial charge in [-0.2, -0.15) is 0 Å². The third-order valence-electron chi connectivity index (χ3n) is 2.18. The van der Waals surface area contributed by atoms with Crippen LogP contribution in [0.4, 0.5) is 0 Å². The average Bonchev–Trinajstić information content (AvgIpc) is 2.27. The number of hydrogen-bond acceptors (Lipinski definition) is 3. The zero-order chi connectivity index (χ0) is 12.0. The molecule has 0 amide bonds. The van der Waals surface area contributed by atoms with Crippen LogP contribution in [0.15, 0.2) is 30.4 Å². The smallest absolute Gasteiger partial charge is 0.161 e. The van der Waals surface area contributed by atoms with E-state index in [1.807, 2.05) is 32.2 Å². The summed E-state index contributed by atoms with van der Waals surface area (Å²) in [7, 11) is 3.53. The van der Waals surface area contributed by atoms with Crippen molar-refractivity contribution in [3.8, 4) is 11.5 Å². The molecular formula is C13H19NO2. The Morgan fingerprint density at radius 1 is 1.38 bits per heavy atom. The normalized spacial score (nSPS) is 9.94. The van der Waals surface area contributed by atoms with Gasteiger partial charge in [0.25, 0.3) is 0 Å². The van der Waals surface area contributed by atoms with Crippen LogP contribution in [-0.2, 0) is 0 Å². The minimum absolute atomic E-state index is 0.500. The van der Waals surface area contributed by atoms with Gasteiger partial charge >= 0.3 is 0 Å². The number of rotatable bonds is 6. The zero-order valence-electron chi connectivity index (χ0n) is 10.2. The molecule has 0 aromatic heterocycles. The Morgan fingerprint density at radius 3 is 2.75 bits per heavy atom. The minimum Gasteiger partial charge on any atom is -0.493 e. The first kappa shape index (κ1) is 12.6. The second-order valence-corrected chi connectivity index (χ2v) is 3.72. The number of aryl methyl sites for hydroxylation is 1. The van der Waals surface area contributed by atoms with Crippen LogP contribution in [0, 0.1) is 6.92 Å². The molecule has 0 spiro atoms. The monoisotopic (exact) mass is 221 g/mol. The van der Waals surface area contributed by atoms with Crippen LogP contribution < -0.4 is 14.8 Å². The predicted octanol–water partition coefficient (Wildman–Crippen LogP) is 2.16. The number of methoxy groups -OCH3 is 1. The fourth-order valence-corrected chi connectivity index (χ4v) is 1.37. The Labute approximate surface area is 97.1 Å². The summed E-state index contributed by atoms with van der Waals surface area (Å²) in [4.78, 5) is 0. The highest BCUT2D eigenvalue weighted by molar-refractivity contribution is 5.42. The average molecular weight is 221 g/mol. The first-order valence-electron chi connectivity index (χ1n) is 5.26. The van der Waals surface area contributed by atoms with Crippen LogP contribution in [0.3, 0.4) is 0 Å². The van der Waals surface area contributed by atoms with Crippen LogP contribution >= 0.6 is 0 Å². The van der Waals surface area contributed by atoms with Gasteiger partial charge in [0.05, 0.1) is 7.11 Å². The van der Waals surface area contributed by atoms with Crippen molar-refractivity contribution < 1.29 is 9.47 Å². The number of ether oxygens (including phenoxy) is 2. The summed E-state index contributed by atoms with van der Waals surface area (Å²) in [5.41, 5.74) is 2.16. The van der Waals surface area contributed by atoms with Crippen LogP contribution in [0.2, 0.25) is 0 Å². The van der Waals surface area contributed by atoms with Crippen LogP contribution in [0.1, 0.15) is 5.56 Å². The van der Waals surface area contributed by atoms with E-state index in [-0.39, 0.29) is 0 Å². The van der Waals surface area contributed by atoms with E-state index in [1.54, 1.807) is 7.11 Å². The molecule has 88 valence electrons. The molecule has 0 atom stereocenters. The van der Waals surface area contributed by atoms with Crippen LogP contribution in [0.25, 0.3) is 0 Å². The molecule has 1 aromatic rings. The quantitative estimate of drug-likeness (QED) is 0.747. The van der Waals surface area contributed by atoms with Gasteiger partial charge < -0.3 is 14.8 Å². The lowest BCUT2D eigenvalue weighted by atomic mass is 10.2. The number of benzene rings is 1. The molecule has 3 nitrogen and oxygen atoms in total. The molecule has 1 aromatic carbocycles. The molecular weight excluding hydrogens is 202 g/mol. The van der Waals surface area contributed by atoms with Gasteiger partial charge in [-0.15, -0.1) is 0 Å². The van der Waals surface area contributed by atoms with Gasteiger partial charge in [-0.25, -0.2) is 0 Å². The van der Waals surface area contributed by atoms with Gasteiger partial charge in [0.2, 0.25) is 0 Å².